The molecular weight excluding hydrogens is 548 g/mol. The number of nitrogens with zero attached hydrogens (tertiary/aromatic N) is 6. The normalized spacial score (nSPS) is 19.0. The van der Waals surface area contributed by atoms with E-state index in [0.29, 0.717) is 55.1 Å². The second-order valence-corrected chi connectivity index (χ2v) is 12.7. The number of phenolic OH excluding ortho intramolecular Hbond substituents is 1. The van der Waals surface area contributed by atoms with Crippen molar-refractivity contribution in [1.29, 1.82) is 0 Å². The number of anilines is 1. The molecule has 2 atom stereocenters. The van der Waals surface area contributed by atoms with Crippen molar-refractivity contribution in [3.05, 3.63) is 42.7 Å². The van der Waals surface area contributed by atoms with Gasteiger partial charge >= 0.3 is 0 Å². The summed E-state index contributed by atoms with van der Waals surface area (Å²) in [6.07, 6.45) is 5.90. The van der Waals surface area contributed by atoms with E-state index in [0.717, 1.165) is 31.5 Å². The number of hydrogen-bond acceptors (Lipinski definition) is 9. The molecule has 2 amide bonds. The van der Waals surface area contributed by atoms with E-state index >= 15 is 0 Å². The maximum atomic E-state index is 13.1. The summed E-state index contributed by atoms with van der Waals surface area (Å²) in [5.74, 6) is 0.146. The Labute approximate surface area is 251 Å². The van der Waals surface area contributed by atoms with Crippen molar-refractivity contribution in [3.8, 4) is 28.1 Å². The van der Waals surface area contributed by atoms with E-state index in [2.05, 4.69) is 25.5 Å². The van der Waals surface area contributed by atoms with Crippen LogP contribution < -0.4 is 11.1 Å². The first-order chi connectivity index (χ1) is 20.5. The van der Waals surface area contributed by atoms with Crippen LogP contribution in [0.25, 0.3) is 22.4 Å². The number of nitrogens with two attached hydrogens (primary N) is 1. The minimum Gasteiger partial charge on any atom is -0.507 e. The molecule has 2 aliphatic heterocycles. The van der Waals surface area contributed by atoms with E-state index < -0.39 is 17.6 Å². The summed E-state index contributed by atoms with van der Waals surface area (Å²) in [6, 6.07) is 8.37. The van der Waals surface area contributed by atoms with E-state index in [9.17, 15) is 19.8 Å². The maximum Gasteiger partial charge on any atom is 0.245 e. The minimum absolute atomic E-state index is 0.123. The number of β-amino-alcohol motifs (C(OH)–C–C–N with tert-alkyl or cyclic N) is 1. The summed E-state index contributed by atoms with van der Waals surface area (Å²) < 4.78 is 1.97. The summed E-state index contributed by atoms with van der Waals surface area (Å²) >= 11 is 0. The fraction of sp³-hybridized carbons (Fsp3) is 0.516. The smallest absolute Gasteiger partial charge is 0.245 e. The fourth-order valence-corrected chi connectivity index (χ4v) is 5.80. The Morgan fingerprint density at radius 2 is 1.84 bits per heavy atom. The van der Waals surface area contributed by atoms with Gasteiger partial charge in [0.15, 0.2) is 5.82 Å². The number of amides is 2. The van der Waals surface area contributed by atoms with Gasteiger partial charge in [-0.2, -0.15) is 5.10 Å². The Morgan fingerprint density at radius 1 is 1.09 bits per heavy atom. The number of nitrogen functional groups attached to an aromatic ring is 1. The van der Waals surface area contributed by atoms with Gasteiger partial charge in [0.2, 0.25) is 11.8 Å². The second kappa shape index (κ2) is 12.7. The van der Waals surface area contributed by atoms with Gasteiger partial charge in [0.25, 0.3) is 0 Å². The number of benzene rings is 1. The van der Waals surface area contributed by atoms with Gasteiger partial charge in [0.05, 0.1) is 24.0 Å². The number of aromatic hydroxyl groups is 1. The topological polar surface area (TPSA) is 163 Å². The number of hydrogen-bond donors (Lipinski definition) is 4. The lowest BCUT2D eigenvalue weighted by atomic mass is 9.85. The third-order valence-electron chi connectivity index (χ3n) is 8.39. The Balaban J connectivity index is 1.14. The van der Waals surface area contributed by atoms with Crippen LogP contribution >= 0.6 is 0 Å². The number of likely N-dealkylation sites (tertiary alicyclic amines) is 2. The molecule has 3 aromatic rings. The number of nitrogens with one attached hydrogen (secondary N) is 1. The zero-order chi connectivity index (χ0) is 30.7. The number of piperidine rings is 1. The number of carbonyl (C=O) groups excluding carboxylic acids is 2. The van der Waals surface area contributed by atoms with E-state index in [1.54, 1.807) is 29.3 Å². The Hall–Kier alpha value is -4.03. The van der Waals surface area contributed by atoms with Crippen LogP contribution in [0.3, 0.4) is 0 Å². The van der Waals surface area contributed by atoms with Crippen LogP contribution in [-0.4, -0.2) is 96.7 Å². The predicted octanol–water partition coefficient (Wildman–Crippen LogP) is 2.45. The lowest BCUT2D eigenvalue weighted by Crippen LogP contribution is -2.54. The van der Waals surface area contributed by atoms with Crippen LogP contribution in [-0.2, 0) is 9.59 Å². The largest absolute Gasteiger partial charge is 0.507 e. The average Bonchev–Trinajstić information content (AvgIpc) is 3.64. The Morgan fingerprint density at radius 3 is 2.51 bits per heavy atom. The highest BCUT2D eigenvalue weighted by atomic mass is 16.3. The molecule has 1 aromatic carbocycles. The van der Waals surface area contributed by atoms with E-state index in [-0.39, 0.29) is 23.6 Å². The second-order valence-electron chi connectivity index (χ2n) is 12.7. The Bertz CT molecular complexity index is 1440. The number of rotatable bonds is 8. The molecule has 2 fully saturated rings. The predicted molar refractivity (Wildman–Crippen MR) is 163 cm³/mol. The van der Waals surface area contributed by atoms with Gasteiger partial charge < -0.3 is 31.1 Å². The van der Waals surface area contributed by atoms with Gasteiger partial charge in [-0.25, -0.2) is 0 Å². The molecule has 12 heteroatoms. The van der Waals surface area contributed by atoms with Crippen LogP contribution in [0.2, 0.25) is 0 Å². The average molecular weight is 591 g/mol. The summed E-state index contributed by atoms with van der Waals surface area (Å²) in [5.41, 5.74) is 8.36. The molecule has 5 N–H and O–H groups in total. The SMILES string of the molecule is CC(C)(C)[C@H](NC(=O)CCN1CCC(n2cc(-c3cc(-c4ccccc4O)nnc3N)cn2)CC1)C(=O)N1CC[C@@H](O)C1. The van der Waals surface area contributed by atoms with Gasteiger partial charge in [-0.3, -0.25) is 14.3 Å². The zero-order valence-corrected chi connectivity index (χ0v) is 25.1. The number of aliphatic hydroxyl groups excluding tert-OH is 1. The fourth-order valence-electron chi connectivity index (χ4n) is 5.80. The van der Waals surface area contributed by atoms with Gasteiger partial charge in [-0.05, 0) is 42.9 Å². The summed E-state index contributed by atoms with van der Waals surface area (Å²) in [6.45, 7) is 8.95. The third kappa shape index (κ3) is 7.14. The Kier molecular flexibility index (Phi) is 8.97. The number of para-hydroxylation sites is 1. The van der Waals surface area contributed by atoms with E-state index in [1.807, 2.05) is 43.8 Å². The lowest BCUT2D eigenvalue weighted by molar-refractivity contribution is -0.139. The molecule has 0 saturated carbocycles. The monoisotopic (exact) mass is 590 g/mol. The van der Waals surface area contributed by atoms with Crippen LogP contribution in [0, 0.1) is 5.41 Å². The molecule has 2 saturated heterocycles. The summed E-state index contributed by atoms with van der Waals surface area (Å²) in [4.78, 5) is 29.9. The standard InChI is InChI=1S/C31H42N8O4/c1-31(2,3)28(30(43)38-15-10-22(40)19-38)34-27(42)11-14-37-12-8-21(9-13-37)39-18-20(17-33-39)24-16-25(35-36-29(24)32)23-6-4-5-7-26(23)41/h4-7,16-18,21-22,28,40-41H,8-15,19H2,1-3H3,(H2,32,36)(H,34,42)/t22-,28-/m1/s1. The molecule has 230 valence electrons. The summed E-state index contributed by atoms with van der Waals surface area (Å²) in [7, 11) is 0. The van der Waals surface area contributed by atoms with E-state index in [4.69, 9.17) is 5.73 Å². The molecule has 0 aliphatic carbocycles. The molecule has 2 aliphatic rings. The highest BCUT2D eigenvalue weighted by Crippen LogP contribution is 2.33. The van der Waals surface area contributed by atoms with Crippen molar-refractivity contribution in [1.82, 2.24) is 35.1 Å². The van der Waals surface area contributed by atoms with Crippen LogP contribution in [0.1, 0.15) is 52.5 Å². The molecule has 0 bridgehead atoms. The van der Waals surface area contributed by atoms with Gasteiger partial charge in [0, 0.05) is 62.0 Å². The molecule has 2 aromatic heterocycles. The quantitative estimate of drug-likeness (QED) is 0.309. The molecule has 0 unspecified atom stereocenters. The highest BCUT2D eigenvalue weighted by molar-refractivity contribution is 5.88. The van der Waals surface area contributed by atoms with Crippen molar-refractivity contribution >= 4 is 17.6 Å². The first kappa shape index (κ1) is 30.4. The highest BCUT2D eigenvalue weighted by Gasteiger charge is 2.38. The van der Waals surface area contributed by atoms with Crippen LogP contribution in [0.5, 0.6) is 5.75 Å². The molecule has 5 rings (SSSR count). The van der Waals surface area contributed by atoms with Gasteiger partial charge in [-0.1, -0.05) is 32.9 Å². The zero-order valence-electron chi connectivity index (χ0n) is 25.1. The molecule has 0 radical (unpaired) electrons. The molecular formula is C31H42N8O4. The first-order valence-electron chi connectivity index (χ1n) is 14.9. The number of aromatic nitrogens is 4. The number of aliphatic hydroxyl groups is 1. The van der Waals surface area contributed by atoms with Crippen molar-refractivity contribution < 1.29 is 19.8 Å². The molecule has 12 nitrogen and oxygen atoms in total. The number of phenols is 1. The van der Waals surface area contributed by atoms with E-state index in [1.165, 1.54) is 0 Å². The van der Waals surface area contributed by atoms with Crippen molar-refractivity contribution in [3.63, 3.8) is 0 Å². The van der Waals surface area contributed by atoms with Crippen molar-refractivity contribution in [2.24, 2.45) is 5.41 Å². The minimum atomic E-state index is -0.635. The molecule has 4 heterocycles. The first-order valence-corrected chi connectivity index (χ1v) is 14.9. The number of carbonyl (C=O) groups is 2. The third-order valence-corrected chi connectivity index (χ3v) is 8.39. The molecule has 0 spiro atoms. The lowest BCUT2D eigenvalue weighted by Gasteiger charge is -2.34. The molecule has 43 heavy (non-hydrogen) atoms. The summed E-state index contributed by atoms with van der Waals surface area (Å²) in [5, 5.41) is 35.9. The maximum absolute atomic E-state index is 13.1. The van der Waals surface area contributed by atoms with Crippen LogP contribution in [0.15, 0.2) is 42.7 Å². The van der Waals surface area contributed by atoms with Crippen LogP contribution in [0.4, 0.5) is 5.82 Å². The van der Waals surface area contributed by atoms with Gasteiger partial charge in [0.1, 0.15) is 11.8 Å². The van der Waals surface area contributed by atoms with Gasteiger partial charge in [-0.15, -0.1) is 10.2 Å². The van der Waals surface area contributed by atoms with Crippen molar-refractivity contribution in [2.75, 3.05) is 38.5 Å². The van der Waals surface area contributed by atoms with Crippen molar-refractivity contribution in [2.45, 2.75) is 64.6 Å².